The fraction of sp³-hybridized carbons (Fsp3) is 0.692. The van der Waals surface area contributed by atoms with E-state index in [0.29, 0.717) is 18.3 Å². The first-order chi connectivity index (χ1) is 14.9. The van der Waals surface area contributed by atoms with Gasteiger partial charge in [0.2, 0.25) is 11.8 Å². The lowest BCUT2D eigenvalue weighted by Gasteiger charge is -2.32. The third-order valence-corrected chi connectivity index (χ3v) is 7.06. The van der Waals surface area contributed by atoms with Crippen LogP contribution in [0.25, 0.3) is 0 Å². The first-order valence-corrected chi connectivity index (χ1v) is 12.4. The van der Waals surface area contributed by atoms with Crippen molar-refractivity contribution in [2.45, 2.75) is 84.3 Å². The molecule has 1 aromatic rings. The van der Waals surface area contributed by atoms with Gasteiger partial charge in [-0.15, -0.1) is 0 Å². The summed E-state index contributed by atoms with van der Waals surface area (Å²) in [6.45, 7) is 9.67. The fourth-order valence-electron chi connectivity index (χ4n) is 5.05. The highest BCUT2D eigenvalue weighted by atomic mass is 16.2. The topological polar surface area (TPSA) is 62.6 Å². The van der Waals surface area contributed by atoms with Crippen LogP contribution in [0, 0.1) is 17.8 Å². The summed E-state index contributed by atoms with van der Waals surface area (Å²) in [5, 5.41) is 6.36. The van der Waals surface area contributed by atoms with E-state index in [9.17, 15) is 9.59 Å². The maximum Gasteiger partial charge on any atom is 0.242 e. The Labute approximate surface area is 188 Å². The summed E-state index contributed by atoms with van der Waals surface area (Å²) in [6.07, 6.45) is 6.82. The van der Waals surface area contributed by atoms with E-state index in [0.717, 1.165) is 58.2 Å². The molecule has 5 heteroatoms. The quantitative estimate of drug-likeness (QED) is 0.596. The predicted molar refractivity (Wildman–Crippen MR) is 125 cm³/mol. The Bertz CT molecular complexity index is 690. The standard InChI is InChI=1S/C26H41N3O2/c1-19(2)17-24(28-25(30)22-11-9-20(3)10-12-22)26(31)27-23-13-15-29(16-14-23)18-21-7-5-4-6-8-21/h4-8,19-20,22-24H,9-18H2,1-3H3,(H,27,31)(H,28,30)/p+1/t20?,22?,24-/m0/s1. The first-order valence-electron chi connectivity index (χ1n) is 12.4. The maximum absolute atomic E-state index is 13.1. The summed E-state index contributed by atoms with van der Waals surface area (Å²) in [4.78, 5) is 27.5. The fourth-order valence-corrected chi connectivity index (χ4v) is 5.05. The monoisotopic (exact) mass is 428 g/mol. The van der Waals surface area contributed by atoms with Crippen LogP contribution < -0.4 is 15.5 Å². The molecule has 3 N–H and O–H groups in total. The number of hydrogen-bond donors (Lipinski definition) is 3. The molecule has 2 fully saturated rings. The van der Waals surface area contributed by atoms with Crippen LogP contribution >= 0.6 is 0 Å². The molecule has 1 atom stereocenters. The number of carbonyl (C=O) groups is 2. The van der Waals surface area contributed by atoms with Crippen LogP contribution in [0.5, 0.6) is 0 Å². The summed E-state index contributed by atoms with van der Waals surface area (Å²) >= 11 is 0. The van der Waals surface area contributed by atoms with Gasteiger partial charge in [-0.2, -0.15) is 0 Å². The Kier molecular flexibility index (Phi) is 8.94. The van der Waals surface area contributed by atoms with Crippen LogP contribution in [-0.2, 0) is 16.1 Å². The molecule has 0 radical (unpaired) electrons. The van der Waals surface area contributed by atoms with E-state index in [2.05, 4.69) is 61.7 Å². The van der Waals surface area contributed by atoms with Gasteiger partial charge in [-0.3, -0.25) is 9.59 Å². The Morgan fingerprint density at radius 2 is 1.65 bits per heavy atom. The van der Waals surface area contributed by atoms with Gasteiger partial charge in [-0.05, 0) is 43.9 Å². The number of likely N-dealkylation sites (tertiary alicyclic amines) is 1. The zero-order chi connectivity index (χ0) is 22.2. The molecule has 1 aromatic carbocycles. The molecule has 172 valence electrons. The molecular weight excluding hydrogens is 386 g/mol. The van der Waals surface area contributed by atoms with Crippen LogP contribution in [0.4, 0.5) is 0 Å². The van der Waals surface area contributed by atoms with Crippen LogP contribution in [0.15, 0.2) is 30.3 Å². The Morgan fingerprint density at radius 3 is 2.26 bits per heavy atom. The van der Waals surface area contributed by atoms with Gasteiger partial charge in [0.05, 0.1) is 13.1 Å². The highest BCUT2D eigenvalue weighted by Gasteiger charge is 2.31. The van der Waals surface area contributed by atoms with Crippen molar-refractivity contribution in [2.24, 2.45) is 17.8 Å². The third-order valence-electron chi connectivity index (χ3n) is 7.06. The largest absolute Gasteiger partial charge is 0.351 e. The number of piperidine rings is 1. The normalized spacial score (nSPS) is 27.5. The molecule has 2 aliphatic rings. The van der Waals surface area contributed by atoms with Crippen LogP contribution in [-0.4, -0.2) is 37.0 Å². The number of benzene rings is 1. The second-order valence-electron chi connectivity index (χ2n) is 10.3. The second-order valence-corrected chi connectivity index (χ2v) is 10.3. The van der Waals surface area contributed by atoms with Crippen molar-refractivity contribution in [3.63, 3.8) is 0 Å². The summed E-state index contributed by atoms with van der Waals surface area (Å²) < 4.78 is 0. The highest BCUT2D eigenvalue weighted by molar-refractivity contribution is 5.88. The molecule has 1 saturated heterocycles. The number of rotatable bonds is 8. The van der Waals surface area contributed by atoms with Crippen LogP contribution in [0.3, 0.4) is 0 Å². The molecule has 1 aliphatic heterocycles. The molecule has 0 spiro atoms. The maximum atomic E-state index is 13.1. The lowest BCUT2D eigenvalue weighted by atomic mass is 9.82. The molecule has 3 rings (SSSR count). The molecule has 1 heterocycles. The smallest absolute Gasteiger partial charge is 0.242 e. The first kappa shape index (κ1) is 23.8. The zero-order valence-electron chi connectivity index (χ0n) is 19.7. The van der Waals surface area contributed by atoms with Crippen molar-refractivity contribution < 1.29 is 14.5 Å². The van der Waals surface area contributed by atoms with E-state index in [4.69, 9.17) is 0 Å². The zero-order valence-corrected chi connectivity index (χ0v) is 19.7. The number of quaternary nitrogens is 1. The predicted octanol–water partition coefficient (Wildman–Crippen LogP) is 2.71. The van der Waals surface area contributed by atoms with Gasteiger partial charge >= 0.3 is 0 Å². The number of hydrogen-bond acceptors (Lipinski definition) is 2. The molecule has 2 amide bonds. The van der Waals surface area contributed by atoms with E-state index in [1.807, 2.05) is 0 Å². The molecule has 5 nitrogen and oxygen atoms in total. The molecule has 0 aromatic heterocycles. The van der Waals surface area contributed by atoms with Gasteiger partial charge < -0.3 is 15.5 Å². The van der Waals surface area contributed by atoms with E-state index in [1.165, 1.54) is 5.56 Å². The average Bonchev–Trinajstić information content (AvgIpc) is 2.75. The van der Waals surface area contributed by atoms with Gasteiger partial charge in [-0.25, -0.2) is 0 Å². The summed E-state index contributed by atoms with van der Waals surface area (Å²) in [7, 11) is 0. The van der Waals surface area contributed by atoms with E-state index >= 15 is 0 Å². The lowest BCUT2D eigenvalue weighted by Crippen LogP contribution is -3.12. The van der Waals surface area contributed by atoms with E-state index < -0.39 is 6.04 Å². The lowest BCUT2D eigenvalue weighted by molar-refractivity contribution is -0.918. The van der Waals surface area contributed by atoms with Gasteiger partial charge in [0.15, 0.2) is 0 Å². The second kappa shape index (κ2) is 11.7. The van der Waals surface area contributed by atoms with Crippen molar-refractivity contribution in [1.29, 1.82) is 0 Å². The Morgan fingerprint density at radius 1 is 1.00 bits per heavy atom. The van der Waals surface area contributed by atoms with Crippen LogP contribution in [0.1, 0.15) is 71.3 Å². The van der Waals surface area contributed by atoms with Crippen molar-refractivity contribution in [3.05, 3.63) is 35.9 Å². The molecule has 0 unspecified atom stereocenters. The van der Waals surface area contributed by atoms with Crippen molar-refractivity contribution >= 4 is 11.8 Å². The minimum Gasteiger partial charge on any atom is -0.351 e. The van der Waals surface area contributed by atoms with Gasteiger partial charge in [-0.1, -0.05) is 51.1 Å². The Balaban J connectivity index is 1.47. The Hall–Kier alpha value is -1.88. The van der Waals surface area contributed by atoms with Crippen molar-refractivity contribution in [2.75, 3.05) is 13.1 Å². The average molecular weight is 429 g/mol. The van der Waals surface area contributed by atoms with Gasteiger partial charge in [0.25, 0.3) is 0 Å². The molecule has 1 aliphatic carbocycles. The summed E-state index contributed by atoms with van der Waals surface area (Å²) in [6, 6.07) is 10.4. The summed E-state index contributed by atoms with van der Waals surface area (Å²) in [5.41, 5.74) is 1.37. The molecular formula is C26H42N3O2+. The van der Waals surface area contributed by atoms with Crippen LogP contribution in [0.2, 0.25) is 0 Å². The molecule has 1 saturated carbocycles. The number of nitrogens with one attached hydrogen (secondary N) is 3. The number of amides is 2. The molecule has 0 bridgehead atoms. The third kappa shape index (κ3) is 7.64. The minimum absolute atomic E-state index is 0.00253. The SMILES string of the molecule is CC(C)C[C@H](NC(=O)C1CCC(C)CC1)C(=O)NC1CC[NH+](Cc2ccccc2)CC1. The van der Waals surface area contributed by atoms with Crippen molar-refractivity contribution in [1.82, 2.24) is 10.6 Å². The summed E-state index contributed by atoms with van der Waals surface area (Å²) in [5.74, 6) is 1.23. The van der Waals surface area contributed by atoms with Gasteiger partial charge in [0.1, 0.15) is 12.6 Å². The van der Waals surface area contributed by atoms with E-state index in [1.54, 1.807) is 4.90 Å². The number of carbonyl (C=O) groups excluding carboxylic acids is 2. The van der Waals surface area contributed by atoms with Gasteiger partial charge in [0, 0.05) is 30.4 Å². The van der Waals surface area contributed by atoms with E-state index in [-0.39, 0.29) is 23.8 Å². The minimum atomic E-state index is -0.415. The molecule has 31 heavy (non-hydrogen) atoms. The van der Waals surface area contributed by atoms with Crippen molar-refractivity contribution in [3.8, 4) is 0 Å². The highest BCUT2D eigenvalue weighted by Crippen LogP contribution is 2.28.